The van der Waals surface area contributed by atoms with E-state index < -0.39 is 0 Å². The molecule has 2 aromatic carbocycles. The van der Waals surface area contributed by atoms with Gasteiger partial charge in [0.15, 0.2) is 0 Å². The van der Waals surface area contributed by atoms with Gasteiger partial charge >= 0.3 is 0 Å². The van der Waals surface area contributed by atoms with Crippen molar-refractivity contribution in [2.75, 3.05) is 38.3 Å². The minimum absolute atomic E-state index is 0.716. The Hall–Kier alpha value is -2.92. The Kier molecular flexibility index (Phi) is 5.30. The molecule has 0 N–H and O–H groups in total. The molecule has 0 spiro atoms. The lowest BCUT2D eigenvalue weighted by atomic mass is 10.1. The van der Waals surface area contributed by atoms with Crippen LogP contribution in [0.2, 0.25) is 0 Å². The van der Waals surface area contributed by atoms with Crippen LogP contribution in [0.3, 0.4) is 0 Å². The van der Waals surface area contributed by atoms with Crippen LogP contribution in [-0.2, 0) is 11.2 Å². The molecule has 27 heavy (non-hydrogen) atoms. The highest BCUT2D eigenvalue weighted by Gasteiger charge is 2.11. The number of ether oxygens (including phenoxy) is 2. The van der Waals surface area contributed by atoms with Crippen molar-refractivity contribution in [2.45, 2.75) is 6.42 Å². The normalized spacial score (nSPS) is 14.2. The van der Waals surface area contributed by atoms with Crippen molar-refractivity contribution in [1.29, 1.82) is 0 Å². The van der Waals surface area contributed by atoms with Crippen LogP contribution < -0.4 is 9.64 Å². The molecule has 5 nitrogen and oxygen atoms in total. The van der Waals surface area contributed by atoms with Crippen LogP contribution in [0, 0.1) is 0 Å². The van der Waals surface area contributed by atoms with Gasteiger partial charge in [-0.15, -0.1) is 0 Å². The molecular weight excluding hydrogens is 338 g/mol. The van der Waals surface area contributed by atoms with E-state index >= 15 is 0 Å². The zero-order chi connectivity index (χ0) is 18.5. The molecule has 2 heterocycles. The summed E-state index contributed by atoms with van der Waals surface area (Å²) in [5, 5.41) is 0. The van der Waals surface area contributed by atoms with Crippen LogP contribution in [0.15, 0.2) is 60.8 Å². The Morgan fingerprint density at radius 3 is 2.41 bits per heavy atom. The highest BCUT2D eigenvalue weighted by Crippen LogP contribution is 2.21. The lowest BCUT2D eigenvalue weighted by Crippen LogP contribution is -2.36. The third kappa shape index (κ3) is 4.26. The molecule has 5 heteroatoms. The van der Waals surface area contributed by atoms with Gasteiger partial charge in [-0.1, -0.05) is 12.1 Å². The van der Waals surface area contributed by atoms with Crippen LogP contribution >= 0.6 is 0 Å². The fourth-order valence-corrected chi connectivity index (χ4v) is 3.24. The predicted molar refractivity (Wildman–Crippen MR) is 106 cm³/mol. The van der Waals surface area contributed by atoms with Gasteiger partial charge in [-0.3, -0.25) is 0 Å². The van der Waals surface area contributed by atoms with E-state index in [0.29, 0.717) is 6.42 Å². The summed E-state index contributed by atoms with van der Waals surface area (Å²) >= 11 is 0. The van der Waals surface area contributed by atoms with Gasteiger partial charge in [-0.2, -0.15) is 0 Å². The summed E-state index contributed by atoms with van der Waals surface area (Å²) in [5.41, 5.74) is 4.43. The van der Waals surface area contributed by atoms with Gasteiger partial charge in [0.1, 0.15) is 11.6 Å². The van der Waals surface area contributed by atoms with E-state index in [1.807, 2.05) is 36.5 Å². The first-order valence-corrected chi connectivity index (χ1v) is 9.20. The number of benzene rings is 2. The second-order valence-electron chi connectivity index (χ2n) is 6.53. The topological polar surface area (TPSA) is 47.5 Å². The van der Waals surface area contributed by atoms with Crippen molar-refractivity contribution >= 4 is 5.69 Å². The van der Waals surface area contributed by atoms with Crippen molar-refractivity contribution in [1.82, 2.24) is 9.97 Å². The molecule has 0 radical (unpaired) electrons. The summed E-state index contributed by atoms with van der Waals surface area (Å²) in [6.45, 7) is 3.50. The lowest BCUT2D eigenvalue weighted by molar-refractivity contribution is 0.122. The number of nitrogens with zero attached hydrogens (tertiary/aromatic N) is 3. The largest absolute Gasteiger partial charge is 0.497 e. The fourth-order valence-electron chi connectivity index (χ4n) is 3.24. The second-order valence-corrected chi connectivity index (χ2v) is 6.53. The molecule has 1 aliphatic rings. The van der Waals surface area contributed by atoms with Crippen LogP contribution in [0.25, 0.3) is 11.3 Å². The van der Waals surface area contributed by atoms with Gasteiger partial charge < -0.3 is 14.4 Å². The van der Waals surface area contributed by atoms with Crippen LogP contribution in [0.4, 0.5) is 5.69 Å². The molecule has 0 bridgehead atoms. The van der Waals surface area contributed by atoms with Gasteiger partial charge in [0.2, 0.25) is 0 Å². The maximum atomic E-state index is 5.42. The van der Waals surface area contributed by atoms with Gasteiger partial charge in [0.05, 0.1) is 26.0 Å². The van der Waals surface area contributed by atoms with E-state index in [2.05, 4.69) is 34.1 Å². The molecule has 1 aromatic heterocycles. The third-order valence-corrected chi connectivity index (χ3v) is 4.77. The first-order chi connectivity index (χ1) is 13.3. The third-order valence-electron chi connectivity index (χ3n) is 4.77. The molecule has 3 aromatic rings. The molecule has 4 rings (SSSR count). The quantitative estimate of drug-likeness (QED) is 0.695. The summed E-state index contributed by atoms with van der Waals surface area (Å²) in [6, 6.07) is 18.5. The first-order valence-electron chi connectivity index (χ1n) is 9.20. The molecule has 0 saturated carbocycles. The van der Waals surface area contributed by atoms with Crippen LogP contribution in [0.1, 0.15) is 11.4 Å². The zero-order valence-electron chi connectivity index (χ0n) is 15.5. The minimum atomic E-state index is 0.716. The number of anilines is 1. The SMILES string of the molecule is COc1ccc(-c2ccnc(Cc3ccc(N4CCOCC4)cc3)n2)cc1. The number of hydrogen-bond acceptors (Lipinski definition) is 5. The molecule has 1 saturated heterocycles. The van der Waals surface area contributed by atoms with Gasteiger partial charge in [0, 0.05) is 37.0 Å². The molecule has 0 amide bonds. The second kappa shape index (κ2) is 8.18. The molecular formula is C22H23N3O2. The Morgan fingerprint density at radius 2 is 1.70 bits per heavy atom. The Morgan fingerprint density at radius 1 is 0.963 bits per heavy atom. The number of hydrogen-bond donors (Lipinski definition) is 0. The molecule has 1 fully saturated rings. The number of rotatable bonds is 5. The highest BCUT2D eigenvalue weighted by atomic mass is 16.5. The Balaban J connectivity index is 1.47. The fraction of sp³-hybridized carbons (Fsp3) is 0.273. The van der Waals surface area contributed by atoms with E-state index in [0.717, 1.165) is 49.1 Å². The maximum Gasteiger partial charge on any atom is 0.133 e. The zero-order valence-corrected chi connectivity index (χ0v) is 15.5. The van der Waals surface area contributed by atoms with Gasteiger partial charge in [-0.05, 0) is 48.0 Å². The molecule has 0 unspecified atom stereocenters. The van der Waals surface area contributed by atoms with Crippen molar-refractivity contribution in [3.8, 4) is 17.0 Å². The number of methoxy groups -OCH3 is 1. The summed E-state index contributed by atoms with van der Waals surface area (Å²) in [6.07, 6.45) is 2.54. The predicted octanol–water partition coefficient (Wildman–Crippen LogP) is 3.58. The summed E-state index contributed by atoms with van der Waals surface area (Å²) < 4.78 is 10.6. The number of aromatic nitrogens is 2. The van der Waals surface area contributed by atoms with E-state index in [1.165, 1.54) is 11.3 Å². The molecule has 138 valence electrons. The summed E-state index contributed by atoms with van der Waals surface area (Å²) in [4.78, 5) is 11.5. The average molecular weight is 361 g/mol. The smallest absolute Gasteiger partial charge is 0.133 e. The van der Waals surface area contributed by atoms with E-state index in [1.54, 1.807) is 7.11 Å². The van der Waals surface area contributed by atoms with E-state index in [4.69, 9.17) is 14.5 Å². The number of morpholine rings is 1. The molecule has 1 aliphatic heterocycles. The van der Waals surface area contributed by atoms with Crippen molar-refractivity contribution < 1.29 is 9.47 Å². The van der Waals surface area contributed by atoms with E-state index in [9.17, 15) is 0 Å². The maximum absolute atomic E-state index is 5.42. The van der Waals surface area contributed by atoms with Crippen molar-refractivity contribution in [3.05, 3.63) is 72.2 Å². The molecule has 0 aliphatic carbocycles. The van der Waals surface area contributed by atoms with Crippen molar-refractivity contribution in [3.63, 3.8) is 0 Å². The van der Waals surface area contributed by atoms with Crippen molar-refractivity contribution in [2.24, 2.45) is 0 Å². The average Bonchev–Trinajstić information content (AvgIpc) is 2.75. The van der Waals surface area contributed by atoms with E-state index in [-0.39, 0.29) is 0 Å². The lowest BCUT2D eigenvalue weighted by Gasteiger charge is -2.28. The van der Waals surface area contributed by atoms with Gasteiger partial charge in [-0.25, -0.2) is 9.97 Å². The Bertz CT molecular complexity index is 873. The standard InChI is InChI=1S/C22H23N3O2/c1-26-20-8-4-18(5-9-20)21-10-11-23-22(24-21)16-17-2-6-19(7-3-17)25-12-14-27-15-13-25/h2-11H,12-16H2,1H3. The van der Waals surface area contributed by atoms with Gasteiger partial charge in [0.25, 0.3) is 0 Å². The summed E-state index contributed by atoms with van der Waals surface area (Å²) in [7, 11) is 1.67. The minimum Gasteiger partial charge on any atom is -0.497 e. The highest BCUT2D eigenvalue weighted by molar-refractivity contribution is 5.59. The first kappa shape index (κ1) is 17.5. The van der Waals surface area contributed by atoms with Crippen LogP contribution in [-0.4, -0.2) is 43.4 Å². The monoisotopic (exact) mass is 361 g/mol. The summed E-state index contributed by atoms with van der Waals surface area (Å²) in [5.74, 6) is 1.66. The Labute approximate surface area is 159 Å². The molecule has 0 atom stereocenters. The van der Waals surface area contributed by atoms with Crippen LogP contribution in [0.5, 0.6) is 5.75 Å².